The van der Waals surface area contributed by atoms with Crippen LogP contribution in [0.1, 0.15) is 39.0 Å². The quantitative estimate of drug-likeness (QED) is 0.797. The summed E-state index contributed by atoms with van der Waals surface area (Å²) in [7, 11) is -3.29. The van der Waals surface area contributed by atoms with E-state index < -0.39 is 16.1 Å². The van der Waals surface area contributed by atoms with Crippen molar-refractivity contribution in [3.05, 3.63) is 0 Å². The van der Waals surface area contributed by atoms with E-state index in [2.05, 4.69) is 5.32 Å². The number of unbranched alkanes of at least 4 members (excludes halogenated alkanes) is 1. The van der Waals surface area contributed by atoms with Crippen LogP contribution < -0.4 is 5.32 Å². The zero-order valence-electron chi connectivity index (χ0n) is 12.9. The second-order valence-corrected chi connectivity index (χ2v) is 7.91. The molecule has 2 fully saturated rings. The normalized spacial score (nSPS) is 25.0. The van der Waals surface area contributed by atoms with Gasteiger partial charge in [0, 0.05) is 26.2 Å². The monoisotopic (exact) mass is 317 g/mol. The summed E-state index contributed by atoms with van der Waals surface area (Å²) in [5, 5.41) is 3.27. The SMILES string of the molecule is CCCCS(=O)(=O)N1CCCC1C(=O)N1CCCNCC1. The van der Waals surface area contributed by atoms with Gasteiger partial charge in [-0.15, -0.1) is 0 Å². The summed E-state index contributed by atoms with van der Waals surface area (Å²) in [4.78, 5) is 14.5. The highest BCUT2D eigenvalue weighted by Crippen LogP contribution is 2.24. The lowest BCUT2D eigenvalue weighted by Crippen LogP contribution is -2.49. The molecular formula is C14H27N3O3S. The van der Waals surface area contributed by atoms with Gasteiger partial charge >= 0.3 is 0 Å². The highest BCUT2D eigenvalue weighted by molar-refractivity contribution is 7.89. The lowest BCUT2D eigenvalue weighted by atomic mass is 10.2. The largest absolute Gasteiger partial charge is 0.340 e. The highest BCUT2D eigenvalue weighted by Gasteiger charge is 2.39. The van der Waals surface area contributed by atoms with Crippen molar-refractivity contribution in [2.75, 3.05) is 38.5 Å². The average Bonchev–Trinajstić information content (AvgIpc) is 2.81. The molecule has 2 aliphatic heterocycles. The molecule has 0 aliphatic carbocycles. The molecule has 2 aliphatic rings. The molecule has 1 unspecified atom stereocenters. The number of carbonyl (C=O) groups is 1. The van der Waals surface area contributed by atoms with E-state index >= 15 is 0 Å². The van der Waals surface area contributed by atoms with Crippen LogP contribution in [0.2, 0.25) is 0 Å². The molecule has 2 heterocycles. The molecule has 1 amide bonds. The Balaban J connectivity index is 2.05. The Bertz CT molecular complexity index is 444. The van der Waals surface area contributed by atoms with E-state index in [9.17, 15) is 13.2 Å². The molecule has 6 nitrogen and oxygen atoms in total. The Kier molecular flexibility index (Phi) is 6.01. The van der Waals surface area contributed by atoms with E-state index in [-0.39, 0.29) is 11.7 Å². The van der Waals surface area contributed by atoms with Crippen molar-refractivity contribution >= 4 is 15.9 Å². The molecule has 2 saturated heterocycles. The summed E-state index contributed by atoms with van der Waals surface area (Å²) in [6, 6.07) is -0.468. The van der Waals surface area contributed by atoms with Crippen LogP contribution in [0.25, 0.3) is 0 Å². The van der Waals surface area contributed by atoms with Gasteiger partial charge in [0.2, 0.25) is 15.9 Å². The lowest BCUT2D eigenvalue weighted by Gasteiger charge is -2.29. The molecule has 2 rings (SSSR count). The first-order valence-corrected chi connectivity index (χ1v) is 9.66. The number of rotatable bonds is 5. The van der Waals surface area contributed by atoms with Crippen LogP contribution >= 0.6 is 0 Å². The van der Waals surface area contributed by atoms with E-state index in [1.165, 1.54) is 4.31 Å². The van der Waals surface area contributed by atoms with Crippen LogP contribution in [0.3, 0.4) is 0 Å². The van der Waals surface area contributed by atoms with E-state index in [1.54, 1.807) is 0 Å². The summed E-state index contributed by atoms with van der Waals surface area (Å²) in [6.07, 6.45) is 3.89. The standard InChI is InChI=1S/C14H27N3O3S/c1-2-3-12-21(19,20)17-10-4-6-13(17)14(18)16-9-5-7-15-8-11-16/h13,15H,2-12H2,1H3. The van der Waals surface area contributed by atoms with Gasteiger partial charge in [-0.2, -0.15) is 4.31 Å². The summed E-state index contributed by atoms with van der Waals surface area (Å²) in [6.45, 7) is 5.60. The third-order valence-electron chi connectivity index (χ3n) is 4.25. The smallest absolute Gasteiger partial charge is 0.241 e. The number of carbonyl (C=O) groups excluding carboxylic acids is 1. The number of amides is 1. The van der Waals surface area contributed by atoms with Crippen molar-refractivity contribution in [1.29, 1.82) is 0 Å². The van der Waals surface area contributed by atoms with Crippen LogP contribution in [-0.4, -0.2) is 68.0 Å². The maximum Gasteiger partial charge on any atom is 0.241 e. The summed E-state index contributed by atoms with van der Waals surface area (Å²) < 4.78 is 26.3. The second-order valence-electron chi connectivity index (χ2n) is 5.87. The molecule has 0 spiro atoms. The molecule has 7 heteroatoms. The zero-order chi connectivity index (χ0) is 15.3. The zero-order valence-corrected chi connectivity index (χ0v) is 13.7. The predicted molar refractivity (Wildman–Crippen MR) is 82.5 cm³/mol. The number of sulfonamides is 1. The van der Waals surface area contributed by atoms with E-state index in [0.29, 0.717) is 25.9 Å². The Labute approximate surface area is 127 Å². The minimum atomic E-state index is -3.29. The topological polar surface area (TPSA) is 69.7 Å². The third-order valence-corrected chi connectivity index (χ3v) is 6.21. The third kappa shape index (κ3) is 4.17. The lowest BCUT2D eigenvalue weighted by molar-refractivity contribution is -0.134. The molecule has 0 radical (unpaired) electrons. The molecule has 0 aromatic heterocycles. The second kappa shape index (κ2) is 7.56. The summed E-state index contributed by atoms with van der Waals surface area (Å²) in [5.74, 6) is 0.158. The molecule has 1 atom stereocenters. The first-order valence-electron chi connectivity index (χ1n) is 8.05. The van der Waals surface area contributed by atoms with Gasteiger partial charge in [0.15, 0.2) is 0 Å². The van der Waals surface area contributed by atoms with E-state index in [0.717, 1.165) is 38.9 Å². The Morgan fingerprint density at radius 1 is 1.19 bits per heavy atom. The van der Waals surface area contributed by atoms with Crippen LogP contribution in [0.15, 0.2) is 0 Å². The highest BCUT2D eigenvalue weighted by atomic mass is 32.2. The molecule has 0 aromatic carbocycles. The molecule has 122 valence electrons. The van der Waals surface area contributed by atoms with Gasteiger partial charge in [-0.25, -0.2) is 8.42 Å². The van der Waals surface area contributed by atoms with Crippen LogP contribution in [0.4, 0.5) is 0 Å². The fourth-order valence-corrected chi connectivity index (χ4v) is 4.92. The number of hydrogen-bond acceptors (Lipinski definition) is 4. The Hall–Kier alpha value is -0.660. The van der Waals surface area contributed by atoms with E-state index in [1.807, 2.05) is 11.8 Å². The van der Waals surface area contributed by atoms with Crippen molar-refractivity contribution in [1.82, 2.24) is 14.5 Å². The Morgan fingerprint density at radius 2 is 2.00 bits per heavy atom. The van der Waals surface area contributed by atoms with Gasteiger partial charge in [0.05, 0.1) is 5.75 Å². The molecule has 1 N–H and O–H groups in total. The van der Waals surface area contributed by atoms with Crippen LogP contribution in [0, 0.1) is 0 Å². The van der Waals surface area contributed by atoms with Crippen molar-refractivity contribution in [2.45, 2.75) is 45.1 Å². The molecule has 0 aromatic rings. The first-order chi connectivity index (χ1) is 10.1. The van der Waals surface area contributed by atoms with Gasteiger partial charge in [-0.05, 0) is 32.2 Å². The number of hydrogen-bond donors (Lipinski definition) is 1. The number of nitrogens with one attached hydrogen (secondary N) is 1. The van der Waals surface area contributed by atoms with Crippen molar-refractivity contribution in [3.8, 4) is 0 Å². The van der Waals surface area contributed by atoms with Gasteiger partial charge in [-0.1, -0.05) is 13.3 Å². The van der Waals surface area contributed by atoms with E-state index in [4.69, 9.17) is 0 Å². The van der Waals surface area contributed by atoms with Crippen LogP contribution in [-0.2, 0) is 14.8 Å². The van der Waals surface area contributed by atoms with Crippen molar-refractivity contribution in [3.63, 3.8) is 0 Å². The fourth-order valence-electron chi connectivity index (χ4n) is 3.04. The van der Waals surface area contributed by atoms with Crippen molar-refractivity contribution < 1.29 is 13.2 Å². The summed E-state index contributed by atoms with van der Waals surface area (Å²) in [5.41, 5.74) is 0. The number of nitrogens with zero attached hydrogens (tertiary/aromatic N) is 2. The maximum atomic E-state index is 12.7. The van der Waals surface area contributed by atoms with Gasteiger partial charge in [-0.3, -0.25) is 4.79 Å². The molecular weight excluding hydrogens is 290 g/mol. The minimum Gasteiger partial charge on any atom is -0.340 e. The van der Waals surface area contributed by atoms with Crippen molar-refractivity contribution in [2.24, 2.45) is 0 Å². The molecule has 0 saturated carbocycles. The van der Waals surface area contributed by atoms with Gasteiger partial charge < -0.3 is 10.2 Å². The minimum absolute atomic E-state index is 0.00345. The average molecular weight is 317 g/mol. The molecule has 21 heavy (non-hydrogen) atoms. The summed E-state index contributed by atoms with van der Waals surface area (Å²) >= 11 is 0. The van der Waals surface area contributed by atoms with Crippen LogP contribution in [0.5, 0.6) is 0 Å². The molecule has 0 bridgehead atoms. The van der Waals surface area contributed by atoms with Gasteiger partial charge in [0.25, 0.3) is 0 Å². The Morgan fingerprint density at radius 3 is 2.76 bits per heavy atom. The first kappa shape index (κ1) is 16.7. The predicted octanol–water partition coefficient (Wildman–Crippen LogP) is 0.403. The van der Waals surface area contributed by atoms with Gasteiger partial charge in [0.1, 0.15) is 6.04 Å². The maximum absolute atomic E-state index is 12.7. The fraction of sp³-hybridized carbons (Fsp3) is 0.929.